The number of thiophene rings is 1. The van der Waals surface area contributed by atoms with Crippen molar-refractivity contribution in [2.24, 2.45) is 0 Å². The van der Waals surface area contributed by atoms with Crippen molar-refractivity contribution in [1.29, 1.82) is 0 Å². The Morgan fingerprint density at radius 3 is 2.59 bits per heavy atom. The fourth-order valence-corrected chi connectivity index (χ4v) is 4.07. The fourth-order valence-electron chi connectivity index (χ4n) is 2.11. The van der Waals surface area contributed by atoms with Gasteiger partial charge in [-0.1, -0.05) is 0 Å². The maximum Gasteiger partial charge on any atom is 0.240 e. The number of sulfonamides is 1. The molecule has 120 valence electrons. The number of benzene rings is 1. The van der Waals surface area contributed by atoms with Crippen molar-refractivity contribution in [1.82, 2.24) is 4.72 Å². The summed E-state index contributed by atoms with van der Waals surface area (Å²) in [6.07, 6.45) is -0.306. The van der Waals surface area contributed by atoms with Gasteiger partial charge in [-0.2, -0.15) is 11.3 Å². The van der Waals surface area contributed by atoms with E-state index in [1.54, 1.807) is 50.7 Å². The summed E-state index contributed by atoms with van der Waals surface area (Å²) < 4.78 is 37.9. The van der Waals surface area contributed by atoms with E-state index in [2.05, 4.69) is 4.72 Å². The lowest BCUT2D eigenvalue weighted by atomic mass is 10.2. The van der Waals surface area contributed by atoms with Gasteiger partial charge in [0.15, 0.2) is 0 Å². The summed E-state index contributed by atoms with van der Waals surface area (Å²) in [7, 11) is -0.483. The second kappa shape index (κ2) is 7.23. The highest BCUT2D eigenvalue weighted by molar-refractivity contribution is 7.89. The van der Waals surface area contributed by atoms with E-state index in [0.717, 1.165) is 5.56 Å². The Morgan fingerprint density at radius 2 is 2.05 bits per heavy atom. The molecule has 0 amide bonds. The smallest absolute Gasteiger partial charge is 0.240 e. The number of ether oxygens (including phenoxy) is 2. The highest BCUT2D eigenvalue weighted by Gasteiger charge is 2.20. The first-order chi connectivity index (χ1) is 10.5. The molecule has 0 aliphatic carbocycles. The van der Waals surface area contributed by atoms with Gasteiger partial charge in [0.05, 0.1) is 18.1 Å². The van der Waals surface area contributed by atoms with Gasteiger partial charge in [-0.15, -0.1) is 0 Å². The minimum atomic E-state index is -3.59. The summed E-state index contributed by atoms with van der Waals surface area (Å²) in [6.45, 7) is 1.92. The zero-order valence-corrected chi connectivity index (χ0v) is 14.3. The Kier molecular flexibility index (Phi) is 5.57. The molecule has 1 aromatic heterocycles. The average Bonchev–Trinajstić information content (AvgIpc) is 3.01. The molecule has 1 unspecified atom stereocenters. The van der Waals surface area contributed by atoms with Crippen molar-refractivity contribution in [2.45, 2.75) is 17.9 Å². The maximum atomic E-state index is 12.4. The molecule has 1 atom stereocenters. The largest absolute Gasteiger partial charge is 0.497 e. The molecule has 0 aliphatic rings. The molecule has 0 saturated carbocycles. The van der Waals surface area contributed by atoms with Crippen molar-refractivity contribution in [3.8, 4) is 5.75 Å². The van der Waals surface area contributed by atoms with Crippen molar-refractivity contribution in [3.05, 3.63) is 46.2 Å². The number of methoxy groups -OCH3 is 2. The van der Waals surface area contributed by atoms with E-state index in [-0.39, 0.29) is 17.5 Å². The first-order valence-electron chi connectivity index (χ1n) is 6.67. The first-order valence-corrected chi connectivity index (χ1v) is 9.09. The summed E-state index contributed by atoms with van der Waals surface area (Å²) in [4.78, 5) is 0.244. The average molecular weight is 341 g/mol. The van der Waals surface area contributed by atoms with Crippen molar-refractivity contribution in [2.75, 3.05) is 20.8 Å². The van der Waals surface area contributed by atoms with Crippen LogP contribution in [-0.2, 0) is 14.8 Å². The van der Waals surface area contributed by atoms with Gasteiger partial charge in [0.1, 0.15) is 5.75 Å². The SMILES string of the molecule is COc1ccc(S(=O)(=O)NCC(OC)c2ccsc2)c(C)c1. The molecule has 0 saturated heterocycles. The van der Waals surface area contributed by atoms with E-state index in [9.17, 15) is 8.42 Å². The molecule has 0 radical (unpaired) electrons. The van der Waals surface area contributed by atoms with Crippen LogP contribution in [-0.4, -0.2) is 29.2 Å². The van der Waals surface area contributed by atoms with Gasteiger partial charge in [-0.25, -0.2) is 13.1 Å². The lowest BCUT2D eigenvalue weighted by Crippen LogP contribution is -2.29. The van der Waals surface area contributed by atoms with E-state index in [0.29, 0.717) is 11.3 Å². The van der Waals surface area contributed by atoms with Gasteiger partial charge in [-0.3, -0.25) is 0 Å². The molecule has 5 nitrogen and oxygen atoms in total. The van der Waals surface area contributed by atoms with Crippen LogP contribution in [0.5, 0.6) is 5.75 Å². The van der Waals surface area contributed by atoms with Crippen LogP contribution in [0, 0.1) is 6.92 Å². The Balaban J connectivity index is 2.14. The number of hydrogen-bond acceptors (Lipinski definition) is 5. The van der Waals surface area contributed by atoms with Crippen LogP contribution < -0.4 is 9.46 Å². The summed E-state index contributed by atoms with van der Waals surface area (Å²) in [5, 5.41) is 3.88. The van der Waals surface area contributed by atoms with Crippen LogP contribution in [0.25, 0.3) is 0 Å². The lowest BCUT2D eigenvalue weighted by Gasteiger charge is -2.16. The molecule has 0 bridgehead atoms. The third-order valence-corrected chi connectivity index (χ3v) is 5.62. The van der Waals surface area contributed by atoms with Crippen LogP contribution in [0.4, 0.5) is 0 Å². The van der Waals surface area contributed by atoms with Gasteiger partial charge < -0.3 is 9.47 Å². The quantitative estimate of drug-likeness (QED) is 0.841. The van der Waals surface area contributed by atoms with Gasteiger partial charge >= 0.3 is 0 Å². The van der Waals surface area contributed by atoms with Crippen molar-refractivity contribution in [3.63, 3.8) is 0 Å². The van der Waals surface area contributed by atoms with Crippen LogP contribution in [0.3, 0.4) is 0 Å². The number of hydrogen-bond donors (Lipinski definition) is 1. The Bertz CT molecular complexity index is 711. The van der Waals surface area contributed by atoms with Crippen LogP contribution in [0.1, 0.15) is 17.2 Å². The predicted molar refractivity (Wildman–Crippen MR) is 87.0 cm³/mol. The van der Waals surface area contributed by atoms with Crippen LogP contribution >= 0.6 is 11.3 Å². The molecule has 1 N–H and O–H groups in total. The molecule has 0 aliphatic heterocycles. The normalized spacial score (nSPS) is 13.0. The highest BCUT2D eigenvalue weighted by atomic mass is 32.2. The third kappa shape index (κ3) is 3.86. The van der Waals surface area contributed by atoms with Crippen molar-refractivity contribution < 1.29 is 17.9 Å². The zero-order chi connectivity index (χ0) is 16.2. The molecule has 2 rings (SSSR count). The highest BCUT2D eigenvalue weighted by Crippen LogP contribution is 2.22. The van der Waals surface area contributed by atoms with Gasteiger partial charge in [0.2, 0.25) is 10.0 Å². The number of rotatable bonds is 7. The summed E-state index contributed by atoms with van der Waals surface area (Å²) >= 11 is 1.55. The van der Waals surface area contributed by atoms with Gasteiger partial charge in [-0.05, 0) is 53.1 Å². The fraction of sp³-hybridized carbons (Fsp3) is 0.333. The predicted octanol–water partition coefficient (Wildman–Crippen LogP) is 2.73. The monoisotopic (exact) mass is 341 g/mol. The van der Waals surface area contributed by atoms with Crippen LogP contribution in [0.15, 0.2) is 39.9 Å². The second-order valence-corrected chi connectivity index (χ2v) is 7.28. The lowest BCUT2D eigenvalue weighted by molar-refractivity contribution is 0.107. The third-order valence-electron chi connectivity index (χ3n) is 3.33. The number of nitrogens with one attached hydrogen (secondary N) is 1. The van der Waals surface area contributed by atoms with E-state index in [1.807, 2.05) is 16.8 Å². The Morgan fingerprint density at radius 1 is 1.27 bits per heavy atom. The molecule has 0 fully saturated rings. The molecule has 0 spiro atoms. The van der Waals surface area contributed by atoms with E-state index in [1.165, 1.54) is 0 Å². The molecular weight excluding hydrogens is 322 g/mol. The Hall–Kier alpha value is -1.41. The maximum absolute atomic E-state index is 12.4. The minimum Gasteiger partial charge on any atom is -0.497 e. The molecule has 2 aromatic rings. The molecular formula is C15H19NO4S2. The molecule has 7 heteroatoms. The summed E-state index contributed by atoms with van der Waals surface area (Å²) in [6, 6.07) is 6.80. The first kappa shape index (κ1) is 17.0. The molecule has 22 heavy (non-hydrogen) atoms. The zero-order valence-electron chi connectivity index (χ0n) is 12.7. The summed E-state index contributed by atoms with van der Waals surface area (Å²) in [5.41, 5.74) is 1.60. The van der Waals surface area contributed by atoms with Gasteiger partial charge in [0.25, 0.3) is 0 Å². The van der Waals surface area contributed by atoms with E-state index >= 15 is 0 Å². The standard InChI is InChI=1S/C15H19NO4S2/c1-11-8-13(19-2)4-5-15(11)22(17,18)16-9-14(20-3)12-6-7-21-10-12/h4-8,10,14,16H,9H2,1-3H3. The minimum absolute atomic E-state index is 0.182. The topological polar surface area (TPSA) is 64.6 Å². The molecule has 1 heterocycles. The number of aryl methyl sites for hydroxylation is 1. The van der Waals surface area contributed by atoms with Crippen LogP contribution in [0.2, 0.25) is 0 Å². The van der Waals surface area contributed by atoms with E-state index < -0.39 is 10.0 Å². The second-order valence-electron chi connectivity index (χ2n) is 4.76. The molecule has 1 aromatic carbocycles. The van der Waals surface area contributed by atoms with Crippen molar-refractivity contribution >= 4 is 21.4 Å². The van der Waals surface area contributed by atoms with Gasteiger partial charge in [0, 0.05) is 13.7 Å². The summed E-state index contributed by atoms with van der Waals surface area (Å²) in [5.74, 6) is 0.629. The van der Waals surface area contributed by atoms with E-state index in [4.69, 9.17) is 9.47 Å². The Labute approximate surface area is 134 Å².